The summed E-state index contributed by atoms with van der Waals surface area (Å²) in [4.78, 5) is 11.4. The van der Waals surface area contributed by atoms with Gasteiger partial charge in [0.1, 0.15) is 0 Å². The number of carbonyl (C=O) groups is 1. The smallest absolute Gasteiger partial charge is 0.156 e. The van der Waals surface area contributed by atoms with E-state index >= 15 is 0 Å². The zero-order chi connectivity index (χ0) is 10.2. The van der Waals surface area contributed by atoms with E-state index in [1.54, 1.807) is 6.92 Å². The van der Waals surface area contributed by atoms with E-state index in [2.05, 4.69) is 26.8 Å². The number of Topliss-reactive ketones (excluding diaryl/α,β-unsaturated/α-hetero) is 1. The molecule has 1 rings (SSSR count). The van der Waals surface area contributed by atoms with Crippen molar-refractivity contribution in [3.63, 3.8) is 0 Å². The highest BCUT2D eigenvalue weighted by molar-refractivity contribution is 5.96. The molecule has 0 aromatic carbocycles. The molecule has 0 radical (unpaired) electrons. The number of carbonyl (C=O) groups excluding carboxylic acids is 1. The molecule has 13 heavy (non-hydrogen) atoms. The summed E-state index contributed by atoms with van der Waals surface area (Å²) in [5.74, 6) is 0.214. The fourth-order valence-electron chi connectivity index (χ4n) is 2.57. The van der Waals surface area contributed by atoms with Crippen molar-refractivity contribution in [3.05, 3.63) is 22.8 Å². The highest BCUT2D eigenvalue weighted by Gasteiger charge is 2.30. The quantitative estimate of drug-likeness (QED) is 0.602. The summed E-state index contributed by atoms with van der Waals surface area (Å²) in [5, 5.41) is 0. The molecule has 0 aromatic rings. The lowest BCUT2D eigenvalue weighted by Crippen LogP contribution is -2.24. The van der Waals surface area contributed by atoms with E-state index in [-0.39, 0.29) is 11.2 Å². The second-order valence-electron chi connectivity index (χ2n) is 4.67. The molecule has 0 bridgehead atoms. The van der Waals surface area contributed by atoms with Crippen molar-refractivity contribution in [2.75, 3.05) is 0 Å². The molecule has 0 fully saturated rings. The molecule has 0 saturated carbocycles. The second-order valence-corrected chi connectivity index (χ2v) is 4.67. The summed E-state index contributed by atoms with van der Waals surface area (Å²) in [6, 6.07) is 0. The lowest BCUT2D eigenvalue weighted by Gasteiger charge is -2.32. The van der Waals surface area contributed by atoms with Crippen molar-refractivity contribution >= 4 is 5.78 Å². The maximum Gasteiger partial charge on any atom is 0.156 e. The highest BCUT2D eigenvalue weighted by atomic mass is 16.1. The van der Waals surface area contributed by atoms with Gasteiger partial charge in [-0.3, -0.25) is 4.79 Å². The Labute approximate surface area is 80.5 Å². The van der Waals surface area contributed by atoms with Gasteiger partial charge in [-0.15, -0.1) is 0 Å². The van der Waals surface area contributed by atoms with E-state index < -0.39 is 0 Å². The van der Waals surface area contributed by atoms with Gasteiger partial charge < -0.3 is 0 Å². The lowest BCUT2D eigenvalue weighted by atomic mass is 9.72. The van der Waals surface area contributed by atoms with Gasteiger partial charge in [-0.2, -0.15) is 0 Å². The van der Waals surface area contributed by atoms with Crippen molar-refractivity contribution in [2.45, 2.75) is 41.0 Å². The first-order valence-corrected chi connectivity index (χ1v) is 4.74. The molecule has 0 saturated heterocycles. The Balaban J connectivity index is 3.24. The van der Waals surface area contributed by atoms with Gasteiger partial charge in [0.05, 0.1) is 0 Å². The number of hydrogen-bond acceptors (Lipinski definition) is 1. The van der Waals surface area contributed by atoms with E-state index in [1.165, 1.54) is 5.57 Å². The molecule has 0 amide bonds. The average Bonchev–Trinajstić information content (AvgIpc) is 1.78. The number of hydrogen-bond donors (Lipinski definition) is 0. The maximum atomic E-state index is 11.4. The van der Waals surface area contributed by atoms with Gasteiger partial charge in [0.15, 0.2) is 5.78 Å². The van der Waals surface area contributed by atoms with Gasteiger partial charge in [0, 0.05) is 5.57 Å². The second kappa shape index (κ2) is 3.13. The third-order valence-corrected chi connectivity index (χ3v) is 2.61. The van der Waals surface area contributed by atoms with Crippen LogP contribution >= 0.6 is 0 Å². The van der Waals surface area contributed by atoms with Crippen LogP contribution in [0.5, 0.6) is 0 Å². The molecule has 72 valence electrons. The maximum absolute atomic E-state index is 11.4. The Morgan fingerprint density at radius 1 is 1.38 bits per heavy atom. The molecule has 0 spiro atoms. The Morgan fingerprint density at radius 2 is 1.92 bits per heavy atom. The zero-order valence-electron chi connectivity index (χ0n) is 9.19. The Bertz CT molecular complexity index is 303. The van der Waals surface area contributed by atoms with Crippen LogP contribution < -0.4 is 0 Å². The van der Waals surface area contributed by atoms with Crippen LogP contribution in [-0.2, 0) is 4.79 Å². The third kappa shape index (κ3) is 1.90. The molecule has 0 N–H and O–H groups in total. The normalized spacial score (nSPS) is 21.5. The molecule has 1 heteroatoms. The molecular weight excluding hydrogens is 160 g/mol. The molecular formula is C12H18O. The average molecular weight is 178 g/mol. The van der Waals surface area contributed by atoms with Crippen molar-refractivity contribution < 1.29 is 4.79 Å². The number of ketones is 1. The first-order chi connectivity index (χ1) is 5.84. The zero-order valence-corrected chi connectivity index (χ0v) is 9.19. The van der Waals surface area contributed by atoms with Crippen LogP contribution in [0.3, 0.4) is 0 Å². The van der Waals surface area contributed by atoms with Gasteiger partial charge in [-0.25, -0.2) is 0 Å². The minimum Gasteiger partial charge on any atom is -0.295 e. The topological polar surface area (TPSA) is 17.1 Å². The number of allylic oxidation sites excluding steroid dienone is 4. The van der Waals surface area contributed by atoms with Gasteiger partial charge in [0.25, 0.3) is 0 Å². The monoisotopic (exact) mass is 178 g/mol. The van der Waals surface area contributed by atoms with Crippen LogP contribution in [0, 0.1) is 5.41 Å². The van der Waals surface area contributed by atoms with E-state index in [0.717, 1.165) is 17.6 Å². The molecule has 1 aliphatic carbocycles. The molecule has 1 aliphatic rings. The van der Waals surface area contributed by atoms with Crippen molar-refractivity contribution in [2.24, 2.45) is 5.41 Å². The minimum absolute atomic E-state index is 0.0226. The van der Waals surface area contributed by atoms with Gasteiger partial charge in [-0.1, -0.05) is 25.5 Å². The summed E-state index contributed by atoms with van der Waals surface area (Å²) in [5.41, 5.74) is 3.53. The molecule has 0 aromatic heterocycles. The molecule has 0 atom stereocenters. The Morgan fingerprint density at radius 3 is 2.31 bits per heavy atom. The fourth-order valence-corrected chi connectivity index (χ4v) is 2.57. The molecule has 1 nitrogen and oxygen atoms in total. The molecule has 0 unspecified atom stereocenters. The number of rotatable bonds is 1. The Kier molecular flexibility index (Phi) is 2.47. The predicted molar refractivity (Wildman–Crippen MR) is 55.5 cm³/mol. The van der Waals surface area contributed by atoms with Crippen molar-refractivity contribution in [1.29, 1.82) is 0 Å². The van der Waals surface area contributed by atoms with Crippen LogP contribution in [0.4, 0.5) is 0 Å². The van der Waals surface area contributed by atoms with Crippen molar-refractivity contribution in [3.8, 4) is 0 Å². The fraction of sp³-hybridized carbons (Fsp3) is 0.583. The van der Waals surface area contributed by atoms with Gasteiger partial charge >= 0.3 is 0 Å². The minimum atomic E-state index is 0.0226. The van der Waals surface area contributed by atoms with Crippen LogP contribution in [0.1, 0.15) is 41.0 Å². The molecule has 0 aliphatic heterocycles. The van der Waals surface area contributed by atoms with Gasteiger partial charge in [0.2, 0.25) is 0 Å². The summed E-state index contributed by atoms with van der Waals surface area (Å²) >= 11 is 0. The summed E-state index contributed by atoms with van der Waals surface area (Å²) < 4.78 is 0. The Hall–Kier alpha value is -0.850. The first kappa shape index (κ1) is 10.2. The van der Waals surface area contributed by atoms with Crippen LogP contribution in [0.25, 0.3) is 0 Å². The highest BCUT2D eigenvalue weighted by Crippen LogP contribution is 2.39. The lowest BCUT2D eigenvalue weighted by molar-refractivity contribution is -0.114. The van der Waals surface area contributed by atoms with E-state index in [1.807, 2.05) is 6.92 Å². The largest absolute Gasteiger partial charge is 0.295 e. The van der Waals surface area contributed by atoms with Crippen LogP contribution in [0.15, 0.2) is 22.8 Å². The van der Waals surface area contributed by atoms with E-state index in [4.69, 9.17) is 0 Å². The molecule has 0 heterocycles. The first-order valence-electron chi connectivity index (χ1n) is 4.74. The van der Waals surface area contributed by atoms with E-state index in [9.17, 15) is 4.79 Å². The summed E-state index contributed by atoms with van der Waals surface area (Å²) in [6.07, 6.45) is 3.13. The summed E-state index contributed by atoms with van der Waals surface area (Å²) in [7, 11) is 0. The standard InChI is InChI=1S/C12H18O/c1-8-6-9(2)11(10(3)13)12(4,5)7-8/h6H,7H2,1-5H3. The predicted octanol–water partition coefficient (Wildman–Crippen LogP) is 3.27. The van der Waals surface area contributed by atoms with Crippen molar-refractivity contribution in [1.82, 2.24) is 0 Å². The van der Waals surface area contributed by atoms with Gasteiger partial charge in [-0.05, 0) is 38.2 Å². The SMILES string of the molecule is CC(=O)C1=C(C)C=C(C)CC1(C)C. The summed E-state index contributed by atoms with van der Waals surface area (Å²) in [6.45, 7) is 10.1. The van der Waals surface area contributed by atoms with Crippen LogP contribution in [-0.4, -0.2) is 5.78 Å². The van der Waals surface area contributed by atoms with Crippen LogP contribution in [0.2, 0.25) is 0 Å². The third-order valence-electron chi connectivity index (χ3n) is 2.61. The van der Waals surface area contributed by atoms with E-state index in [0.29, 0.717) is 0 Å².